The SMILES string of the molecule is COC(=O)c1cccc(NCc2cccnc2)c1C(=O)OC. The summed E-state index contributed by atoms with van der Waals surface area (Å²) >= 11 is 0. The van der Waals surface area contributed by atoms with Crippen molar-refractivity contribution in [2.75, 3.05) is 19.5 Å². The smallest absolute Gasteiger partial charge is 0.340 e. The lowest BCUT2D eigenvalue weighted by atomic mass is 10.0. The summed E-state index contributed by atoms with van der Waals surface area (Å²) in [6.07, 6.45) is 3.40. The number of hydrogen-bond acceptors (Lipinski definition) is 6. The highest BCUT2D eigenvalue weighted by molar-refractivity contribution is 6.07. The zero-order valence-electron chi connectivity index (χ0n) is 12.3. The maximum Gasteiger partial charge on any atom is 0.340 e. The fourth-order valence-electron chi connectivity index (χ4n) is 2.00. The molecule has 1 heterocycles. The van der Waals surface area contributed by atoms with Crippen molar-refractivity contribution in [2.24, 2.45) is 0 Å². The van der Waals surface area contributed by atoms with Crippen molar-refractivity contribution in [2.45, 2.75) is 6.54 Å². The zero-order valence-corrected chi connectivity index (χ0v) is 12.3. The summed E-state index contributed by atoms with van der Waals surface area (Å²) in [5.74, 6) is -1.19. The van der Waals surface area contributed by atoms with Gasteiger partial charge in [-0.25, -0.2) is 9.59 Å². The van der Waals surface area contributed by atoms with Crippen molar-refractivity contribution in [3.63, 3.8) is 0 Å². The minimum Gasteiger partial charge on any atom is -0.465 e. The number of nitrogens with zero attached hydrogens (tertiary/aromatic N) is 1. The Hall–Kier alpha value is -2.89. The van der Waals surface area contributed by atoms with Crippen LogP contribution in [0.2, 0.25) is 0 Å². The molecule has 6 nitrogen and oxygen atoms in total. The predicted molar refractivity (Wildman–Crippen MR) is 80.7 cm³/mol. The molecule has 0 aliphatic carbocycles. The number of hydrogen-bond donors (Lipinski definition) is 1. The lowest BCUT2D eigenvalue weighted by Crippen LogP contribution is -2.15. The van der Waals surface area contributed by atoms with Gasteiger partial charge in [0.1, 0.15) is 0 Å². The number of esters is 2. The van der Waals surface area contributed by atoms with Gasteiger partial charge in [0.25, 0.3) is 0 Å². The van der Waals surface area contributed by atoms with E-state index in [0.29, 0.717) is 12.2 Å². The molecular weight excluding hydrogens is 284 g/mol. The number of carbonyl (C=O) groups excluding carboxylic acids is 2. The molecule has 0 spiro atoms. The Morgan fingerprint density at radius 2 is 1.86 bits per heavy atom. The Kier molecular flexibility index (Phi) is 5.08. The van der Waals surface area contributed by atoms with Crippen LogP contribution in [-0.2, 0) is 16.0 Å². The van der Waals surface area contributed by atoms with Gasteiger partial charge in [-0.1, -0.05) is 12.1 Å². The summed E-state index contributed by atoms with van der Waals surface area (Å²) < 4.78 is 9.47. The van der Waals surface area contributed by atoms with Crippen molar-refractivity contribution >= 4 is 17.6 Å². The lowest BCUT2D eigenvalue weighted by molar-refractivity contribution is 0.0556. The highest BCUT2D eigenvalue weighted by Crippen LogP contribution is 2.22. The second-order valence-corrected chi connectivity index (χ2v) is 4.43. The number of rotatable bonds is 5. The van der Waals surface area contributed by atoms with Gasteiger partial charge in [0.2, 0.25) is 0 Å². The van der Waals surface area contributed by atoms with Crippen LogP contribution >= 0.6 is 0 Å². The van der Waals surface area contributed by atoms with Gasteiger partial charge in [0.15, 0.2) is 0 Å². The summed E-state index contributed by atoms with van der Waals surface area (Å²) in [6, 6.07) is 8.62. The molecule has 0 bridgehead atoms. The number of methoxy groups -OCH3 is 2. The van der Waals surface area contributed by atoms with Gasteiger partial charge < -0.3 is 14.8 Å². The molecule has 0 aliphatic rings. The van der Waals surface area contributed by atoms with E-state index in [9.17, 15) is 9.59 Å². The monoisotopic (exact) mass is 300 g/mol. The lowest BCUT2D eigenvalue weighted by Gasteiger charge is -2.13. The topological polar surface area (TPSA) is 77.5 Å². The fraction of sp³-hybridized carbons (Fsp3) is 0.188. The molecule has 114 valence electrons. The summed E-state index contributed by atoms with van der Waals surface area (Å²) in [4.78, 5) is 27.8. The third-order valence-corrected chi connectivity index (χ3v) is 3.07. The first-order chi connectivity index (χ1) is 10.7. The molecule has 0 unspecified atom stereocenters. The average Bonchev–Trinajstić information content (AvgIpc) is 2.59. The van der Waals surface area contributed by atoms with Gasteiger partial charge in [-0.05, 0) is 23.8 Å². The van der Waals surface area contributed by atoms with E-state index in [-0.39, 0.29) is 11.1 Å². The molecule has 2 aromatic rings. The number of pyridine rings is 1. The van der Waals surface area contributed by atoms with Crippen LogP contribution in [0.1, 0.15) is 26.3 Å². The van der Waals surface area contributed by atoms with Crippen LogP contribution in [0, 0.1) is 0 Å². The Bertz CT molecular complexity index is 671. The van der Waals surface area contributed by atoms with E-state index in [4.69, 9.17) is 9.47 Å². The zero-order chi connectivity index (χ0) is 15.9. The second kappa shape index (κ2) is 7.21. The number of nitrogens with one attached hydrogen (secondary N) is 1. The molecular formula is C16H16N2O4. The first kappa shape index (κ1) is 15.5. The number of anilines is 1. The van der Waals surface area contributed by atoms with E-state index in [2.05, 4.69) is 10.3 Å². The molecule has 0 saturated carbocycles. The first-order valence-corrected chi connectivity index (χ1v) is 6.59. The maximum absolute atomic E-state index is 12.0. The van der Waals surface area contributed by atoms with Crippen LogP contribution in [0.5, 0.6) is 0 Å². The minimum atomic E-state index is -0.602. The largest absolute Gasteiger partial charge is 0.465 e. The van der Waals surface area contributed by atoms with E-state index in [1.165, 1.54) is 20.3 Å². The third kappa shape index (κ3) is 3.41. The van der Waals surface area contributed by atoms with E-state index < -0.39 is 11.9 Å². The molecule has 6 heteroatoms. The standard InChI is InChI=1S/C16H16N2O4/c1-21-15(19)12-6-3-7-13(14(12)16(20)22-2)18-10-11-5-4-8-17-9-11/h3-9,18H,10H2,1-2H3. The molecule has 0 radical (unpaired) electrons. The molecule has 0 amide bonds. The van der Waals surface area contributed by atoms with Crippen LogP contribution in [0.25, 0.3) is 0 Å². The number of benzene rings is 1. The van der Waals surface area contributed by atoms with Crippen LogP contribution in [0.3, 0.4) is 0 Å². The van der Waals surface area contributed by atoms with E-state index in [1.54, 1.807) is 24.5 Å². The van der Waals surface area contributed by atoms with Crippen LogP contribution < -0.4 is 5.32 Å². The Morgan fingerprint density at radius 3 is 2.50 bits per heavy atom. The van der Waals surface area contributed by atoms with E-state index in [1.807, 2.05) is 12.1 Å². The summed E-state index contributed by atoms with van der Waals surface area (Å²) in [7, 11) is 2.53. The minimum absolute atomic E-state index is 0.153. The third-order valence-electron chi connectivity index (χ3n) is 3.07. The fourth-order valence-corrected chi connectivity index (χ4v) is 2.00. The van der Waals surface area contributed by atoms with Crippen molar-refractivity contribution in [1.29, 1.82) is 0 Å². The molecule has 2 rings (SSSR count). The summed E-state index contributed by atoms with van der Waals surface area (Å²) in [5.41, 5.74) is 1.76. The van der Waals surface area contributed by atoms with Crippen molar-refractivity contribution in [3.05, 3.63) is 59.4 Å². The van der Waals surface area contributed by atoms with Crippen molar-refractivity contribution < 1.29 is 19.1 Å². The normalized spacial score (nSPS) is 9.91. The van der Waals surface area contributed by atoms with Crippen molar-refractivity contribution in [3.8, 4) is 0 Å². The van der Waals surface area contributed by atoms with Crippen molar-refractivity contribution in [1.82, 2.24) is 4.98 Å². The Morgan fingerprint density at radius 1 is 1.09 bits per heavy atom. The molecule has 22 heavy (non-hydrogen) atoms. The molecule has 0 aliphatic heterocycles. The van der Waals surface area contributed by atoms with Gasteiger partial charge in [-0.2, -0.15) is 0 Å². The second-order valence-electron chi connectivity index (χ2n) is 4.43. The molecule has 1 N–H and O–H groups in total. The van der Waals surface area contributed by atoms with Crippen LogP contribution in [0.15, 0.2) is 42.7 Å². The van der Waals surface area contributed by atoms with Gasteiger partial charge >= 0.3 is 11.9 Å². The van der Waals surface area contributed by atoms with Gasteiger partial charge in [-0.3, -0.25) is 4.98 Å². The molecule has 0 saturated heterocycles. The summed E-state index contributed by atoms with van der Waals surface area (Å²) in [6.45, 7) is 0.461. The van der Waals surface area contributed by atoms with Gasteiger partial charge in [-0.15, -0.1) is 0 Å². The quantitative estimate of drug-likeness (QED) is 0.853. The summed E-state index contributed by atoms with van der Waals surface area (Å²) in [5, 5.41) is 3.12. The maximum atomic E-state index is 12.0. The average molecular weight is 300 g/mol. The van der Waals surface area contributed by atoms with E-state index >= 15 is 0 Å². The highest BCUT2D eigenvalue weighted by Gasteiger charge is 2.22. The van der Waals surface area contributed by atoms with Crippen LogP contribution in [0.4, 0.5) is 5.69 Å². The number of ether oxygens (including phenoxy) is 2. The molecule has 0 fully saturated rings. The number of carbonyl (C=O) groups is 2. The molecule has 1 aromatic carbocycles. The Balaban J connectivity index is 2.33. The van der Waals surface area contributed by atoms with E-state index in [0.717, 1.165) is 5.56 Å². The van der Waals surface area contributed by atoms with Gasteiger partial charge in [0.05, 0.1) is 25.3 Å². The highest BCUT2D eigenvalue weighted by atomic mass is 16.5. The number of aromatic nitrogens is 1. The first-order valence-electron chi connectivity index (χ1n) is 6.59. The van der Waals surface area contributed by atoms with Crippen LogP contribution in [-0.4, -0.2) is 31.1 Å². The van der Waals surface area contributed by atoms with Gasteiger partial charge in [0, 0.05) is 24.6 Å². The predicted octanol–water partition coefficient (Wildman–Crippen LogP) is 2.27. The Labute approximate surface area is 128 Å². The molecule has 1 aromatic heterocycles. The molecule has 0 atom stereocenters.